The van der Waals surface area contributed by atoms with Crippen LogP contribution in [0.5, 0.6) is 0 Å². The first-order chi connectivity index (χ1) is 13.2. The van der Waals surface area contributed by atoms with Crippen molar-refractivity contribution < 1.29 is 0 Å². The van der Waals surface area contributed by atoms with Gasteiger partial charge < -0.3 is 0 Å². The largest absolute Gasteiger partial charge is 0.253 e. The SMILES string of the molecule is c1sc(NN=C2C3CC4CC(C3)CC2C4)nc1C12CC3CC(CC(C3)C1)C2. The summed E-state index contributed by atoms with van der Waals surface area (Å²) in [6, 6.07) is 0. The summed E-state index contributed by atoms with van der Waals surface area (Å²) in [6.07, 6.45) is 15.9. The molecule has 3 nitrogen and oxygen atoms in total. The van der Waals surface area contributed by atoms with Gasteiger partial charge in [0.1, 0.15) is 0 Å². The summed E-state index contributed by atoms with van der Waals surface area (Å²) in [5, 5.41) is 8.38. The van der Waals surface area contributed by atoms with Gasteiger partial charge in [-0.05, 0) is 112 Å². The Morgan fingerprint density at radius 1 is 0.815 bits per heavy atom. The molecule has 8 bridgehead atoms. The minimum atomic E-state index is 0.418. The Labute approximate surface area is 166 Å². The number of aromatic nitrogens is 1. The van der Waals surface area contributed by atoms with Gasteiger partial charge in [-0.15, -0.1) is 11.3 Å². The second-order valence-corrected chi connectivity index (χ2v) is 12.0. The van der Waals surface area contributed by atoms with E-state index in [9.17, 15) is 0 Å². The monoisotopic (exact) mass is 381 g/mol. The number of thiazole rings is 1. The number of anilines is 1. The van der Waals surface area contributed by atoms with E-state index >= 15 is 0 Å². The molecule has 0 saturated heterocycles. The molecule has 1 N–H and O–H groups in total. The Balaban J connectivity index is 1.12. The molecule has 1 heterocycles. The highest BCUT2D eigenvalue weighted by molar-refractivity contribution is 7.13. The number of hydrazone groups is 1. The van der Waals surface area contributed by atoms with Crippen molar-refractivity contribution in [2.45, 2.75) is 76.0 Å². The van der Waals surface area contributed by atoms with E-state index in [1.54, 1.807) is 11.3 Å². The molecule has 0 aliphatic heterocycles. The smallest absolute Gasteiger partial charge is 0.203 e. The lowest BCUT2D eigenvalue weighted by Gasteiger charge is -2.56. The number of nitrogens with one attached hydrogen (secondary N) is 1. The molecule has 4 heteroatoms. The maximum absolute atomic E-state index is 5.10. The molecule has 1 aromatic rings. The van der Waals surface area contributed by atoms with Crippen LogP contribution in [0, 0.1) is 41.4 Å². The van der Waals surface area contributed by atoms with Crippen molar-refractivity contribution in [3.05, 3.63) is 11.1 Å². The van der Waals surface area contributed by atoms with Crippen LogP contribution >= 0.6 is 11.3 Å². The molecule has 9 rings (SSSR count). The van der Waals surface area contributed by atoms with Gasteiger partial charge in [0.2, 0.25) is 5.13 Å². The minimum absolute atomic E-state index is 0.418. The lowest BCUT2D eigenvalue weighted by Crippen LogP contribution is -2.48. The van der Waals surface area contributed by atoms with Crippen molar-refractivity contribution in [1.82, 2.24) is 4.98 Å². The molecular formula is C23H31N3S. The molecule has 8 fully saturated rings. The second kappa shape index (κ2) is 5.58. The highest BCUT2D eigenvalue weighted by Crippen LogP contribution is 2.60. The molecule has 0 spiro atoms. The Hall–Kier alpha value is -0.900. The van der Waals surface area contributed by atoms with Crippen LogP contribution in [-0.4, -0.2) is 10.7 Å². The van der Waals surface area contributed by atoms with Crippen molar-refractivity contribution in [1.29, 1.82) is 0 Å². The van der Waals surface area contributed by atoms with E-state index in [4.69, 9.17) is 10.1 Å². The fourth-order valence-electron chi connectivity index (χ4n) is 8.95. The summed E-state index contributed by atoms with van der Waals surface area (Å²) in [6.45, 7) is 0. The van der Waals surface area contributed by atoms with Crippen molar-refractivity contribution in [2.24, 2.45) is 46.5 Å². The van der Waals surface area contributed by atoms with Crippen molar-refractivity contribution >= 4 is 22.2 Å². The minimum Gasteiger partial charge on any atom is -0.253 e. The number of rotatable bonds is 3. The van der Waals surface area contributed by atoms with Crippen LogP contribution in [-0.2, 0) is 5.41 Å². The third kappa shape index (κ3) is 2.44. The van der Waals surface area contributed by atoms with Gasteiger partial charge in [0, 0.05) is 16.5 Å². The molecule has 8 aliphatic carbocycles. The third-order valence-corrected chi connectivity index (χ3v) is 10.1. The molecule has 0 atom stereocenters. The highest BCUT2D eigenvalue weighted by atomic mass is 32.1. The van der Waals surface area contributed by atoms with Crippen molar-refractivity contribution in [2.75, 3.05) is 5.43 Å². The van der Waals surface area contributed by atoms with Crippen LogP contribution < -0.4 is 5.43 Å². The third-order valence-electron chi connectivity index (χ3n) is 9.34. The fourth-order valence-corrected chi connectivity index (χ4v) is 9.73. The van der Waals surface area contributed by atoms with Gasteiger partial charge in [0.15, 0.2) is 0 Å². The van der Waals surface area contributed by atoms with Crippen LogP contribution in [0.4, 0.5) is 5.13 Å². The lowest BCUT2D eigenvalue weighted by atomic mass is 9.49. The van der Waals surface area contributed by atoms with E-state index in [-0.39, 0.29) is 0 Å². The van der Waals surface area contributed by atoms with Crippen LogP contribution in [0.25, 0.3) is 0 Å². The Kier molecular flexibility index (Phi) is 3.30. The number of hydrogen-bond donors (Lipinski definition) is 1. The molecule has 0 radical (unpaired) electrons. The summed E-state index contributed by atoms with van der Waals surface area (Å²) in [4.78, 5) is 5.10. The van der Waals surface area contributed by atoms with E-state index < -0.39 is 0 Å². The molecule has 144 valence electrons. The first-order valence-corrected chi connectivity index (χ1v) is 12.4. The van der Waals surface area contributed by atoms with E-state index in [0.29, 0.717) is 5.41 Å². The van der Waals surface area contributed by atoms with Crippen molar-refractivity contribution in [3.8, 4) is 0 Å². The second-order valence-electron chi connectivity index (χ2n) is 11.2. The van der Waals surface area contributed by atoms with E-state index in [2.05, 4.69) is 10.8 Å². The number of hydrogen-bond acceptors (Lipinski definition) is 4. The summed E-state index contributed by atoms with van der Waals surface area (Å²) >= 11 is 1.80. The first-order valence-electron chi connectivity index (χ1n) is 11.5. The summed E-state index contributed by atoms with van der Waals surface area (Å²) in [5.74, 6) is 6.53. The summed E-state index contributed by atoms with van der Waals surface area (Å²) in [7, 11) is 0. The lowest BCUT2D eigenvalue weighted by molar-refractivity contribution is -0.00688. The average Bonchev–Trinajstić information content (AvgIpc) is 3.09. The van der Waals surface area contributed by atoms with Crippen LogP contribution in [0.15, 0.2) is 10.5 Å². The van der Waals surface area contributed by atoms with Gasteiger partial charge in [-0.2, -0.15) is 5.10 Å². The van der Waals surface area contributed by atoms with Gasteiger partial charge in [0.25, 0.3) is 0 Å². The predicted octanol–water partition coefficient (Wildman–Crippen LogP) is 5.83. The van der Waals surface area contributed by atoms with E-state index in [1.165, 1.54) is 82.0 Å². The van der Waals surface area contributed by atoms with Gasteiger partial charge in [-0.1, -0.05) is 0 Å². The molecule has 0 unspecified atom stereocenters. The van der Waals surface area contributed by atoms with Crippen molar-refractivity contribution in [3.63, 3.8) is 0 Å². The Morgan fingerprint density at radius 2 is 1.37 bits per heavy atom. The normalized spacial score (nSPS) is 49.0. The molecule has 8 aliphatic rings. The molecule has 0 amide bonds. The Morgan fingerprint density at radius 3 is 1.96 bits per heavy atom. The maximum Gasteiger partial charge on any atom is 0.203 e. The topological polar surface area (TPSA) is 37.3 Å². The molecular weight excluding hydrogens is 350 g/mol. The zero-order valence-electron chi connectivity index (χ0n) is 16.2. The van der Waals surface area contributed by atoms with Crippen LogP contribution in [0.1, 0.15) is 76.3 Å². The first kappa shape index (κ1) is 16.0. The van der Waals surface area contributed by atoms with Gasteiger partial charge in [0.05, 0.1) is 5.69 Å². The van der Waals surface area contributed by atoms with Crippen LogP contribution in [0.2, 0.25) is 0 Å². The predicted molar refractivity (Wildman–Crippen MR) is 110 cm³/mol. The van der Waals surface area contributed by atoms with Gasteiger partial charge in [-0.25, -0.2) is 4.98 Å². The maximum atomic E-state index is 5.10. The zero-order chi connectivity index (χ0) is 17.6. The molecule has 1 aromatic heterocycles. The van der Waals surface area contributed by atoms with Gasteiger partial charge >= 0.3 is 0 Å². The Bertz CT molecular complexity index is 728. The van der Waals surface area contributed by atoms with Gasteiger partial charge in [-0.3, -0.25) is 5.43 Å². The van der Waals surface area contributed by atoms with Crippen LogP contribution in [0.3, 0.4) is 0 Å². The quantitative estimate of drug-likeness (QED) is 0.668. The summed E-state index contributed by atoms with van der Waals surface area (Å²) in [5.41, 5.74) is 6.73. The summed E-state index contributed by atoms with van der Waals surface area (Å²) < 4.78 is 0. The standard InChI is InChI=1S/C23H31N3S/c1-13-5-18-7-14(1)8-19(6-13)21(18)25-26-22-24-20(12-27-22)23-9-15-2-16(10-23)4-17(3-15)11-23/h12-19H,1-11H2,(H,24,26). The highest BCUT2D eigenvalue weighted by Gasteiger charge is 2.52. The molecule has 8 saturated carbocycles. The fraction of sp³-hybridized carbons (Fsp3) is 0.826. The van der Waals surface area contributed by atoms with E-state index in [0.717, 1.165) is 46.6 Å². The molecule has 0 aromatic carbocycles. The average molecular weight is 382 g/mol. The number of nitrogens with zero attached hydrogens (tertiary/aromatic N) is 2. The zero-order valence-corrected chi connectivity index (χ0v) is 17.0. The molecule has 27 heavy (non-hydrogen) atoms. The van der Waals surface area contributed by atoms with E-state index in [1.807, 2.05) is 0 Å².